The minimum atomic E-state index is -0.348. The van der Waals surface area contributed by atoms with Gasteiger partial charge < -0.3 is 15.0 Å². The third-order valence-corrected chi connectivity index (χ3v) is 3.33. The van der Waals surface area contributed by atoms with Crippen molar-refractivity contribution >= 4 is 18.1 Å². The third kappa shape index (κ3) is 4.31. The molecule has 1 aromatic carbocycles. The van der Waals surface area contributed by atoms with Gasteiger partial charge in [0.2, 0.25) is 5.91 Å². The SMILES string of the molecule is C/C(=C\c1ccc(F)cc1)C(=O)N[C@H](C)CN1CCOC1=O. The predicted molar refractivity (Wildman–Crippen MR) is 80.6 cm³/mol. The number of halogens is 1. The molecule has 0 radical (unpaired) electrons. The standard InChI is InChI=1S/C16H19FN2O3/c1-11(9-13-3-5-14(17)6-4-13)15(20)18-12(2)10-19-7-8-22-16(19)21/h3-6,9,12H,7-8,10H2,1-2H3,(H,18,20)/b11-9+/t12-/m1/s1. The molecule has 1 aliphatic heterocycles. The van der Waals surface area contributed by atoms with Crippen LogP contribution in [0.2, 0.25) is 0 Å². The monoisotopic (exact) mass is 306 g/mol. The summed E-state index contributed by atoms with van der Waals surface area (Å²) in [5, 5.41) is 2.83. The summed E-state index contributed by atoms with van der Waals surface area (Å²) in [4.78, 5) is 25.0. The average Bonchev–Trinajstić information content (AvgIpc) is 2.86. The highest BCUT2D eigenvalue weighted by atomic mass is 19.1. The Hall–Kier alpha value is -2.37. The lowest BCUT2D eigenvalue weighted by Crippen LogP contribution is -2.42. The van der Waals surface area contributed by atoms with Crippen LogP contribution in [0.1, 0.15) is 19.4 Å². The molecule has 1 saturated heterocycles. The number of hydrogen-bond acceptors (Lipinski definition) is 3. The summed E-state index contributed by atoms with van der Waals surface area (Å²) in [7, 11) is 0. The van der Waals surface area contributed by atoms with E-state index in [9.17, 15) is 14.0 Å². The molecule has 0 bridgehead atoms. The van der Waals surface area contributed by atoms with Crippen LogP contribution >= 0.6 is 0 Å². The lowest BCUT2D eigenvalue weighted by atomic mass is 10.1. The lowest BCUT2D eigenvalue weighted by molar-refractivity contribution is -0.118. The number of benzene rings is 1. The zero-order chi connectivity index (χ0) is 16.1. The molecule has 2 amide bonds. The van der Waals surface area contributed by atoms with Gasteiger partial charge in [0.1, 0.15) is 12.4 Å². The molecule has 0 spiro atoms. The Morgan fingerprint density at radius 1 is 1.45 bits per heavy atom. The number of nitrogens with zero attached hydrogens (tertiary/aromatic N) is 1. The van der Waals surface area contributed by atoms with Crippen LogP contribution in [0.25, 0.3) is 6.08 Å². The highest BCUT2D eigenvalue weighted by Crippen LogP contribution is 2.09. The van der Waals surface area contributed by atoms with Gasteiger partial charge in [0.25, 0.3) is 0 Å². The second-order valence-corrected chi connectivity index (χ2v) is 5.31. The summed E-state index contributed by atoms with van der Waals surface area (Å²) in [6.45, 7) is 4.87. The van der Waals surface area contributed by atoms with Crippen LogP contribution in [0.4, 0.5) is 9.18 Å². The topological polar surface area (TPSA) is 58.6 Å². The van der Waals surface area contributed by atoms with Crippen molar-refractivity contribution in [2.24, 2.45) is 0 Å². The number of hydrogen-bond donors (Lipinski definition) is 1. The van der Waals surface area contributed by atoms with Crippen molar-refractivity contribution < 1.29 is 18.7 Å². The quantitative estimate of drug-likeness (QED) is 0.848. The van der Waals surface area contributed by atoms with Gasteiger partial charge >= 0.3 is 6.09 Å². The second kappa shape index (κ2) is 7.06. The number of amides is 2. The largest absolute Gasteiger partial charge is 0.448 e. The molecule has 0 unspecified atom stereocenters. The summed E-state index contributed by atoms with van der Waals surface area (Å²) >= 11 is 0. The van der Waals surface area contributed by atoms with E-state index >= 15 is 0 Å². The summed E-state index contributed by atoms with van der Waals surface area (Å²) in [5.74, 6) is -0.533. The number of cyclic esters (lactones) is 1. The van der Waals surface area contributed by atoms with Crippen molar-refractivity contribution in [2.75, 3.05) is 19.7 Å². The van der Waals surface area contributed by atoms with Gasteiger partial charge in [-0.3, -0.25) is 4.79 Å². The van der Waals surface area contributed by atoms with Gasteiger partial charge in [0, 0.05) is 18.2 Å². The molecule has 1 N–H and O–H groups in total. The third-order valence-electron chi connectivity index (χ3n) is 3.33. The Kier molecular flexibility index (Phi) is 5.14. The van der Waals surface area contributed by atoms with Crippen molar-refractivity contribution in [3.8, 4) is 0 Å². The number of ether oxygens (including phenoxy) is 1. The normalized spacial score (nSPS) is 16.4. The molecule has 2 rings (SSSR count). The van der Waals surface area contributed by atoms with Crippen LogP contribution in [-0.2, 0) is 9.53 Å². The van der Waals surface area contributed by atoms with Crippen molar-refractivity contribution in [1.29, 1.82) is 0 Å². The molecule has 1 heterocycles. The number of carbonyl (C=O) groups is 2. The maximum Gasteiger partial charge on any atom is 0.410 e. The van der Waals surface area contributed by atoms with E-state index in [0.717, 1.165) is 5.56 Å². The highest BCUT2D eigenvalue weighted by molar-refractivity contribution is 5.97. The van der Waals surface area contributed by atoms with Gasteiger partial charge in [0.05, 0.1) is 6.54 Å². The zero-order valence-electron chi connectivity index (χ0n) is 12.6. The van der Waals surface area contributed by atoms with Crippen molar-refractivity contribution in [3.63, 3.8) is 0 Å². The Bertz CT molecular complexity index is 584. The van der Waals surface area contributed by atoms with Crippen molar-refractivity contribution in [2.45, 2.75) is 19.9 Å². The van der Waals surface area contributed by atoms with Crippen LogP contribution < -0.4 is 5.32 Å². The number of nitrogens with one attached hydrogen (secondary N) is 1. The van der Waals surface area contributed by atoms with Crippen molar-refractivity contribution in [3.05, 3.63) is 41.2 Å². The van der Waals surface area contributed by atoms with Crippen LogP contribution in [0, 0.1) is 5.82 Å². The second-order valence-electron chi connectivity index (χ2n) is 5.31. The molecule has 1 aliphatic rings. The molecule has 0 aromatic heterocycles. The van der Waals surface area contributed by atoms with Gasteiger partial charge in [-0.1, -0.05) is 12.1 Å². The molecule has 0 saturated carbocycles. The van der Waals surface area contributed by atoms with E-state index in [0.29, 0.717) is 25.3 Å². The van der Waals surface area contributed by atoms with Gasteiger partial charge in [-0.25, -0.2) is 9.18 Å². The van der Waals surface area contributed by atoms with E-state index in [1.807, 2.05) is 6.92 Å². The highest BCUT2D eigenvalue weighted by Gasteiger charge is 2.24. The maximum atomic E-state index is 12.8. The van der Waals surface area contributed by atoms with E-state index in [4.69, 9.17) is 4.74 Å². The Morgan fingerprint density at radius 2 is 2.14 bits per heavy atom. The number of carbonyl (C=O) groups excluding carboxylic acids is 2. The van der Waals surface area contributed by atoms with Gasteiger partial charge in [-0.15, -0.1) is 0 Å². The average molecular weight is 306 g/mol. The van der Waals surface area contributed by atoms with Crippen LogP contribution in [0.15, 0.2) is 29.8 Å². The first-order valence-electron chi connectivity index (χ1n) is 7.12. The minimum Gasteiger partial charge on any atom is -0.448 e. The molecular formula is C16H19FN2O3. The summed E-state index contributed by atoms with van der Waals surface area (Å²) in [5.41, 5.74) is 1.27. The molecule has 22 heavy (non-hydrogen) atoms. The van der Waals surface area contributed by atoms with Gasteiger partial charge in [-0.2, -0.15) is 0 Å². The fourth-order valence-electron chi connectivity index (χ4n) is 2.18. The molecule has 6 heteroatoms. The first-order chi connectivity index (χ1) is 10.5. The Labute approximate surface area is 128 Å². The maximum absolute atomic E-state index is 12.8. The molecule has 118 valence electrons. The Balaban J connectivity index is 1.90. The van der Waals surface area contributed by atoms with Crippen LogP contribution in [0.3, 0.4) is 0 Å². The van der Waals surface area contributed by atoms with E-state index in [-0.39, 0.29) is 23.9 Å². The van der Waals surface area contributed by atoms with Crippen LogP contribution in [-0.4, -0.2) is 42.6 Å². The fourth-order valence-corrected chi connectivity index (χ4v) is 2.18. The first-order valence-corrected chi connectivity index (χ1v) is 7.12. The van der Waals surface area contributed by atoms with E-state index in [1.165, 1.54) is 12.1 Å². The zero-order valence-corrected chi connectivity index (χ0v) is 12.6. The van der Waals surface area contributed by atoms with Gasteiger partial charge in [0.15, 0.2) is 0 Å². The van der Waals surface area contributed by atoms with E-state index in [2.05, 4.69) is 5.32 Å². The smallest absolute Gasteiger partial charge is 0.410 e. The minimum absolute atomic E-state index is 0.185. The van der Waals surface area contributed by atoms with Crippen LogP contribution in [0.5, 0.6) is 0 Å². The summed E-state index contributed by atoms with van der Waals surface area (Å²) in [6.07, 6.45) is 1.34. The van der Waals surface area contributed by atoms with Crippen molar-refractivity contribution in [1.82, 2.24) is 10.2 Å². The molecule has 1 fully saturated rings. The molecule has 5 nitrogen and oxygen atoms in total. The molecule has 1 atom stereocenters. The lowest BCUT2D eigenvalue weighted by Gasteiger charge is -2.19. The number of rotatable bonds is 5. The predicted octanol–water partition coefficient (Wildman–Crippen LogP) is 2.19. The molecule has 1 aromatic rings. The Morgan fingerprint density at radius 3 is 2.73 bits per heavy atom. The summed E-state index contributed by atoms with van der Waals surface area (Å²) < 4.78 is 17.7. The molecule has 0 aliphatic carbocycles. The van der Waals surface area contributed by atoms with E-state index in [1.54, 1.807) is 30.0 Å². The first kappa shape index (κ1) is 16.0. The van der Waals surface area contributed by atoms with E-state index < -0.39 is 0 Å². The fraction of sp³-hybridized carbons (Fsp3) is 0.375. The van der Waals surface area contributed by atoms with Gasteiger partial charge in [-0.05, 0) is 37.6 Å². The molecular weight excluding hydrogens is 287 g/mol. The summed E-state index contributed by atoms with van der Waals surface area (Å²) in [6, 6.07) is 5.72.